The van der Waals surface area contributed by atoms with Gasteiger partial charge in [-0.15, -0.1) is 0 Å². The Kier molecular flexibility index (Phi) is 5.26. The highest BCUT2D eigenvalue weighted by Crippen LogP contribution is 2.37. The van der Waals surface area contributed by atoms with E-state index in [1.165, 1.54) is 25.7 Å². The summed E-state index contributed by atoms with van der Waals surface area (Å²) in [7, 11) is 0. The van der Waals surface area contributed by atoms with E-state index in [1.807, 2.05) is 0 Å². The Labute approximate surface area is 118 Å². The van der Waals surface area contributed by atoms with E-state index in [-0.39, 0.29) is 5.41 Å². The summed E-state index contributed by atoms with van der Waals surface area (Å²) in [6.07, 6.45) is 9.42. The van der Waals surface area contributed by atoms with Crippen LogP contribution in [-0.4, -0.2) is 36.5 Å². The van der Waals surface area contributed by atoms with Crippen molar-refractivity contribution in [2.45, 2.75) is 71.3 Å². The van der Waals surface area contributed by atoms with Gasteiger partial charge in [-0.3, -0.25) is 4.79 Å². The molecule has 2 rings (SSSR count). The summed E-state index contributed by atoms with van der Waals surface area (Å²) in [5.74, 6) is 0.432. The van der Waals surface area contributed by atoms with Crippen LogP contribution in [0.3, 0.4) is 0 Å². The van der Waals surface area contributed by atoms with Crippen LogP contribution < -0.4 is 5.32 Å². The number of piperidine rings is 1. The van der Waals surface area contributed by atoms with Crippen molar-refractivity contribution in [1.29, 1.82) is 0 Å². The summed E-state index contributed by atoms with van der Waals surface area (Å²) in [6, 6.07) is 0.628. The van der Waals surface area contributed by atoms with Crippen LogP contribution >= 0.6 is 0 Å². The minimum absolute atomic E-state index is 0.0536. The van der Waals surface area contributed by atoms with Crippen molar-refractivity contribution < 1.29 is 4.79 Å². The first kappa shape index (κ1) is 14.8. The average molecular weight is 266 g/mol. The van der Waals surface area contributed by atoms with Crippen LogP contribution in [0.1, 0.15) is 65.2 Å². The first-order valence-corrected chi connectivity index (χ1v) is 8.18. The summed E-state index contributed by atoms with van der Waals surface area (Å²) >= 11 is 0. The molecular formula is C16H30N2O. The third-order valence-electron chi connectivity index (χ3n) is 4.94. The average Bonchev–Trinajstić information content (AvgIpc) is 2.46. The third-order valence-corrected chi connectivity index (χ3v) is 4.94. The Hall–Kier alpha value is -0.570. The van der Waals surface area contributed by atoms with Gasteiger partial charge in [-0.2, -0.15) is 0 Å². The normalized spacial score (nSPS) is 24.4. The quantitative estimate of drug-likeness (QED) is 0.848. The monoisotopic (exact) mass is 266 g/mol. The van der Waals surface area contributed by atoms with Gasteiger partial charge in [-0.1, -0.05) is 33.1 Å². The maximum atomic E-state index is 12.7. The lowest BCUT2D eigenvalue weighted by molar-refractivity contribution is -0.144. The van der Waals surface area contributed by atoms with Crippen LogP contribution in [0.25, 0.3) is 0 Å². The van der Waals surface area contributed by atoms with E-state index in [0.29, 0.717) is 11.9 Å². The highest BCUT2D eigenvalue weighted by molar-refractivity contribution is 5.82. The van der Waals surface area contributed by atoms with E-state index in [0.717, 1.165) is 45.3 Å². The fourth-order valence-corrected chi connectivity index (χ4v) is 3.56. The number of hydrogen-bond donors (Lipinski definition) is 1. The van der Waals surface area contributed by atoms with Crippen LogP contribution in [0, 0.1) is 5.41 Å². The minimum atomic E-state index is -0.0536. The molecule has 0 unspecified atom stereocenters. The van der Waals surface area contributed by atoms with E-state index < -0.39 is 0 Å². The summed E-state index contributed by atoms with van der Waals surface area (Å²) < 4.78 is 0. The molecule has 1 saturated heterocycles. The summed E-state index contributed by atoms with van der Waals surface area (Å²) in [5.41, 5.74) is -0.0536. The van der Waals surface area contributed by atoms with E-state index in [4.69, 9.17) is 0 Å². The van der Waals surface area contributed by atoms with Crippen LogP contribution in [0.2, 0.25) is 0 Å². The second kappa shape index (κ2) is 6.74. The van der Waals surface area contributed by atoms with Crippen molar-refractivity contribution >= 4 is 5.91 Å². The zero-order valence-electron chi connectivity index (χ0n) is 12.7. The van der Waals surface area contributed by atoms with Crippen molar-refractivity contribution in [2.24, 2.45) is 5.41 Å². The highest BCUT2D eigenvalue weighted by atomic mass is 16.2. The van der Waals surface area contributed by atoms with Crippen LogP contribution in [0.5, 0.6) is 0 Å². The molecule has 110 valence electrons. The Morgan fingerprint density at radius 2 is 1.84 bits per heavy atom. The molecule has 2 aliphatic rings. The van der Waals surface area contributed by atoms with Crippen molar-refractivity contribution in [2.75, 3.05) is 19.6 Å². The Balaban J connectivity index is 1.81. The second-order valence-corrected chi connectivity index (χ2v) is 6.64. The van der Waals surface area contributed by atoms with Gasteiger partial charge in [0.05, 0.1) is 0 Å². The maximum absolute atomic E-state index is 12.7. The smallest absolute Gasteiger partial charge is 0.228 e. The van der Waals surface area contributed by atoms with Gasteiger partial charge < -0.3 is 10.2 Å². The van der Waals surface area contributed by atoms with Crippen LogP contribution in [0.15, 0.2) is 0 Å². The number of nitrogens with zero attached hydrogens (tertiary/aromatic N) is 1. The minimum Gasteiger partial charge on any atom is -0.342 e. The molecule has 1 N–H and O–H groups in total. The summed E-state index contributed by atoms with van der Waals surface area (Å²) in [4.78, 5) is 14.8. The number of carbonyl (C=O) groups excluding carboxylic acids is 1. The molecule has 1 aliphatic carbocycles. The fourth-order valence-electron chi connectivity index (χ4n) is 3.56. The van der Waals surface area contributed by atoms with E-state index in [9.17, 15) is 4.79 Å². The SMILES string of the molecule is CCCNC1CCN(C(=O)C2(C)CCCCC2)CC1. The van der Waals surface area contributed by atoms with Gasteiger partial charge in [-0.25, -0.2) is 0 Å². The molecule has 0 radical (unpaired) electrons. The van der Waals surface area contributed by atoms with Gasteiger partial charge >= 0.3 is 0 Å². The van der Waals surface area contributed by atoms with Gasteiger partial charge in [0.15, 0.2) is 0 Å². The van der Waals surface area contributed by atoms with Crippen molar-refractivity contribution in [3.05, 3.63) is 0 Å². The van der Waals surface area contributed by atoms with Gasteiger partial charge in [0.25, 0.3) is 0 Å². The lowest BCUT2D eigenvalue weighted by Crippen LogP contribution is -2.50. The molecule has 2 fully saturated rings. The predicted molar refractivity (Wildman–Crippen MR) is 79.1 cm³/mol. The Morgan fingerprint density at radius 1 is 1.21 bits per heavy atom. The zero-order valence-corrected chi connectivity index (χ0v) is 12.7. The van der Waals surface area contributed by atoms with Gasteiger partial charge in [0.2, 0.25) is 5.91 Å². The molecule has 0 bridgehead atoms. The number of nitrogens with one attached hydrogen (secondary N) is 1. The Morgan fingerprint density at radius 3 is 2.42 bits per heavy atom. The molecule has 3 heteroatoms. The van der Waals surface area contributed by atoms with Crippen LogP contribution in [0.4, 0.5) is 0 Å². The molecule has 1 heterocycles. The molecule has 1 aliphatic heterocycles. The second-order valence-electron chi connectivity index (χ2n) is 6.64. The third kappa shape index (κ3) is 3.71. The first-order chi connectivity index (χ1) is 9.15. The van der Waals surface area contributed by atoms with Gasteiger partial charge in [0, 0.05) is 24.5 Å². The molecule has 1 amide bonds. The lowest BCUT2D eigenvalue weighted by atomic mass is 9.74. The van der Waals surface area contributed by atoms with Gasteiger partial charge in [0.1, 0.15) is 0 Å². The van der Waals surface area contributed by atoms with Gasteiger partial charge in [-0.05, 0) is 38.6 Å². The molecular weight excluding hydrogens is 236 g/mol. The van der Waals surface area contributed by atoms with Crippen LogP contribution in [-0.2, 0) is 4.79 Å². The number of amides is 1. The lowest BCUT2D eigenvalue weighted by Gasteiger charge is -2.40. The molecule has 3 nitrogen and oxygen atoms in total. The molecule has 0 aromatic rings. The molecule has 0 aromatic heterocycles. The van der Waals surface area contributed by atoms with Crippen molar-refractivity contribution in [1.82, 2.24) is 10.2 Å². The summed E-state index contributed by atoms with van der Waals surface area (Å²) in [6.45, 7) is 7.41. The highest BCUT2D eigenvalue weighted by Gasteiger charge is 2.38. The van der Waals surface area contributed by atoms with E-state index in [1.54, 1.807) is 0 Å². The maximum Gasteiger partial charge on any atom is 0.228 e. The fraction of sp³-hybridized carbons (Fsp3) is 0.938. The molecule has 19 heavy (non-hydrogen) atoms. The summed E-state index contributed by atoms with van der Waals surface area (Å²) in [5, 5.41) is 3.58. The molecule has 0 atom stereocenters. The topological polar surface area (TPSA) is 32.3 Å². The zero-order chi connectivity index (χ0) is 13.7. The largest absolute Gasteiger partial charge is 0.342 e. The molecule has 0 aromatic carbocycles. The molecule has 1 saturated carbocycles. The number of carbonyl (C=O) groups is 1. The predicted octanol–water partition coefficient (Wildman–Crippen LogP) is 2.95. The van der Waals surface area contributed by atoms with E-state index in [2.05, 4.69) is 24.1 Å². The van der Waals surface area contributed by atoms with Crippen molar-refractivity contribution in [3.8, 4) is 0 Å². The number of hydrogen-bond acceptors (Lipinski definition) is 2. The first-order valence-electron chi connectivity index (χ1n) is 8.18. The standard InChI is InChI=1S/C16H30N2O/c1-3-11-17-14-7-12-18(13-8-14)15(19)16(2)9-5-4-6-10-16/h14,17H,3-13H2,1-2H3. The number of rotatable bonds is 4. The Bertz CT molecular complexity index is 289. The van der Waals surface area contributed by atoms with E-state index >= 15 is 0 Å². The number of likely N-dealkylation sites (tertiary alicyclic amines) is 1. The molecule has 0 spiro atoms. The van der Waals surface area contributed by atoms with Crippen molar-refractivity contribution in [3.63, 3.8) is 0 Å².